The topological polar surface area (TPSA) is 41.9 Å². The first-order valence-corrected chi connectivity index (χ1v) is 9.43. The lowest BCUT2D eigenvalue weighted by Crippen LogP contribution is -2.38. The summed E-state index contributed by atoms with van der Waals surface area (Å²) in [6.45, 7) is 12.4. The fourth-order valence-electron chi connectivity index (χ4n) is 3.71. The molecule has 1 saturated heterocycles. The zero-order valence-corrected chi connectivity index (χ0v) is 17.2. The van der Waals surface area contributed by atoms with Crippen LogP contribution in [-0.4, -0.2) is 43.4 Å². The second-order valence-corrected chi connectivity index (χ2v) is 7.74. The number of ether oxygens (including phenoxy) is 2. The Labute approximate surface area is 163 Å². The Balaban J connectivity index is 2.07. The first-order chi connectivity index (χ1) is 12.8. The summed E-state index contributed by atoms with van der Waals surface area (Å²) in [6.07, 6.45) is 3.49. The predicted octanol–water partition coefficient (Wildman–Crippen LogP) is 4.14. The van der Waals surface area contributed by atoms with Crippen LogP contribution in [0.4, 0.5) is 0 Å². The Kier molecular flexibility index (Phi) is 7.28. The van der Waals surface area contributed by atoms with Crippen molar-refractivity contribution >= 4 is 0 Å². The van der Waals surface area contributed by atoms with Gasteiger partial charge in [-0.25, -0.2) is 0 Å². The van der Waals surface area contributed by atoms with Crippen molar-refractivity contribution in [1.29, 1.82) is 0 Å². The fourth-order valence-corrected chi connectivity index (χ4v) is 3.71. The van der Waals surface area contributed by atoms with Crippen LogP contribution in [0.3, 0.4) is 0 Å². The van der Waals surface area contributed by atoms with Crippen LogP contribution in [0.2, 0.25) is 0 Å². The lowest BCUT2D eigenvalue weighted by Gasteiger charge is -2.34. The minimum absolute atomic E-state index is 0.197. The molecule has 0 bridgehead atoms. The lowest BCUT2D eigenvalue weighted by molar-refractivity contribution is 0.0410. The van der Waals surface area contributed by atoms with E-state index in [4.69, 9.17) is 9.47 Å². The van der Waals surface area contributed by atoms with Crippen LogP contribution in [0.1, 0.15) is 26.3 Å². The number of aliphatic hydroxyl groups is 1. The molecule has 1 N–H and O–H groups in total. The normalized spacial score (nSPS) is 25.3. The second kappa shape index (κ2) is 9.25. The molecule has 0 aromatic heterocycles. The number of allylic oxidation sites excluding steroid dienone is 3. The van der Waals surface area contributed by atoms with Crippen molar-refractivity contribution in [1.82, 2.24) is 4.90 Å². The highest BCUT2D eigenvalue weighted by atomic mass is 16.5. The molecule has 1 aromatic carbocycles. The van der Waals surface area contributed by atoms with Crippen molar-refractivity contribution in [3.05, 3.63) is 71.7 Å². The Bertz CT molecular complexity index is 693. The highest BCUT2D eigenvalue weighted by molar-refractivity contribution is 5.29. The Hall–Kier alpha value is -2.04. The number of rotatable bonds is 8. The van der Waals surface area contributed by atoms with Gasteiger partial charge in [-0.3, -0.25) is 0 Å². The molecule has 1 aromatic rings. The highest BCUT2D eigenvalue weighted by Gasteiger charge is 2.45. The van der Waals surface area contributed by atoms with Crippen molar-refractivity contribution in [2.45, 2.75) is 33.5 Å². The van der Waals surface area contributed by atoms with E-state index in [0.717, 1.165) is 30.0 Å². The minimum Gasteiger partial charge on any atom is -0.493 e. The maximum absolute atomic E-state index is 10.3. The molecule has 148 valence electrons. The fraction of sp³-hybridized carbons (Fsp3) is 0.478. The van der Waals surface area contributed by atoms with Crippen molar-refractivity contribution in [2.24, 2.45) is 11.3 Å². The van der Waals surface area contributed by atoms with Gasteiger partial charge in [0.25, 0.3) is 0 Å². The smallest absolute Gasteiger partial charge is 0.156 e. The summed E-state index contributed by atoms with van der Waals surface area (Å²) in [5.74, 6) is 1.60. The van der Waals surface area contributed by atoms with Gasteiger partial charge < -0.3 is 19.5 Å². The number of nitrogens with zero attached hydrogens (tertiary/aromatic N) is 1. The summed E-state index contributed by atoms with van der Waals surface area (Å²) in [5, 5.41) is 10.3. The van der Waals surface area contributed by atoms with E-state index in [1.165, 1.54) is 0 Å². The van der Waals surface area contributed by atoms with E-state index >= 15 is 0 Å². The van der Waals surface area contributed by atoms with E-state index in [1.807, 2.05) is 56.3 Å². The summed E-state index contributed by atoms with van der Waals surface area (Å²) in [7, 11) is 3.72. The van der Waals surface area contributed by atoms with Gasteiger partial charge in [0.1, 0.15) is 12.4 Å². The van der Waals surface area contributed by atoms with Gasteiger partial charge in [0.15, 0.2) is 5.76 Å². The Morgan fingerprint density at radius 3 is 2.63 bits per heavy atom. The van der Waals surface area contributed by atoms with E-state index in [0.29, 0.717) is 12.4 Å². The number of likely N-dealkylation sites (tertiary alicyclic amines) is 1. The van der Waals surface area contributed by atoms with E-state index < -0.39 is 6.10 Å². The highest BCUT2D eigenvalue weighted by Crippen LogP contribution is 2.42. The van der Waals surface area contributed by atoms with Gasteiger partial charge in [0, 0.05) is 24.4 Å². The van der Waals surface area contributed by atoms with Crippen molar-refractivity contribution in [3.8, 4) is 0 Å². The van der Waals surface area contributed by atoms with Gasteiger partial charge in [-0.05, 0) is 32.5 Å². The van der Waals surface area contributed by atoms with Gasteiger partial charge >= 0.3 is 0 Å². The molecule has 0 amide bonds. The average molecular weight is 372 g/mol. The number of aliphatic hydroxyl groups excluding tert-OH is 1. The third kappa shape index (κ3) is 5.24. The number of benzene rings is 1. The molecule has 2 rings (SSSR count). The number of methoxy groups -OCH3 is 1. The third-order valence-corrected chi connectivity index (χ3v) is 5.62. The molecule has 0 spiro atoms. The number of hydrogen-bond acceptors (Lipinski definition) is 4. The van der Waals surface area contributed by atoms with Crippen LogP contribution >= 0.6 is 0 Å². The van der Waals surface area contributed by atoms with Crippen LogP contribution in [0.5, 0.6) is 0 Å². The molecule has 27 heavy (non-hydrogen) atoms. The van der Waals surface area contributed by atoms with Crippen LogP contribution in [0, 0.1) is 11.3 Å². The van der Waals surface area contributed by atoms with Gasteiger partial charge in [-0.15, -0.1) is 0 Å². The minimum atomic E-state index is -0.397. The summed E-state index contributed by atoms with van der Waals surface area (Å²) >= 11 is 0. The molecule has 0 aliphatic carbocycles. The molecule has 0 unspecified atom stereocenters. The molecule has 1 aliphatic heterocycles. The molecular formula is C23H33NO3. The van der Waals surface area contributed by atoms with Crippen LogP contribution < -0.4 is 0 Å². The third-order valence-electron chi connectivity index (χ3n) is 5.62. The van der Waals surface area contributed by atoms with E-state index in [1.54, 1.807) is 7.11 Å². The second-order valence-electron chi connectivity index (χ2n) is 7.74. The van der Waals surface area contributed by atoms with Crippen LogP contribution in [-0.2, 0) is 16.1 Å². The summed E-state index contributed by atoms with van der Waals surface area (Å²) < 4.78 is 11.4. The molecule has 4 nitrogen and oxygen atoms in total. The zero-order valence-electron chi connectivity index (χ0n) is 17.2. The molecule has 1 fully saturated rings. The zero-order chi connectivity index (χ0) is 20.0. The molecule has 0 saturated carbocycles. The largest absolute Gasteiger partial charge is 0.493 e. The van der Waals surface area contributed by atoms with E-state index in [-0.39, 0.29) is 11.3 Å². The Morgan fingerprint density at radius 1 is 1.37 bits per heavy atom. The maximum atomic E-state index is 10.3. The molecule has 1 heterocycles. The van der Waals surface area contributed by atoms with Gasteiger partial charge in [0.05, 0.1) is 13.2 Å². The predicted molar refractivity (Wildman–Crippen MR) is 110 cm³/mol. The van der Waals surface area contributed by atoms with Crippen molar-refractivity contribution < 1.29 is 14.6 Å². The summed E-state index contributed by atoms with van der Waals surface area (Å²) in [5.41, 5.74) is 1.90. The van der Waals surface area contributed by atoms with Crippen LogP contribution in [0.25, 0.3) is 0 Å². The number of hydrogen-bond donors (Lipinski definition) is 1. The monoisotopic (exact) mass is 371 g/mol. The molecule has 3 atom stereocenters. The van der Waals surface area contributed by atoms with E-state index in [2.05, 4.69) is 25.5 Å². The summed E-state index contributed by atoms with van der Waals surface area (Å²) in [6, 6.07) is 10.0. The van der Waals surface area contributed by atoms with Gasteiger partial charge in [0.2, 0.25) is 0 Å². The van der Waals surface area contributed by atoms with Crippen LogP contribution in [0.15, 0.2) is 66.2 Å². The first kappa shape index (κ1) is 21.3. The molecular weight excluding hydrogens is 338 g/mol. The van der Waals surface area contributed by atoms with Crippen molar-refractivity contribution in [3.63, 3.8) is 0 Å². The molecule has 4 heteroatoms. The standard InChI is InChI=1S/C23H33NO3/c1-17(21-14-24(5)16-23(21,4)19(3)25)12-13-22(26-6)18(2)27-15-20-10-8-7-9-11-20/h7-13,19,21,25H,1,14-16H2,2-6H3/b13-12-,22-18-/t19-,21+,23+/m1/s1. The van der Waals surface area contributed by atoms with E-state index in [9.17, 15) is 5.11 Å². The summed E-state index contributed by atoms with van der Waals surface area (Å²) in [4.78, 5) is 2.25. The average Bonchev–Trinajstić information content (AvgIpc) is 2.97. The first-order valence-electron chi connectivity index (χ1n) is 9.43. The quantitative estimate of drug-likeness (QED) is 0.551. The molecule has 0 radical (unpaired) electrons. The Morgan fingerprint density at radius 2 is 2.04 bits per heavy atom. The van der Waals surface area contributed by atoms with Gasteiger partial charge in [-0.1, -0.05) is 55.5 Å². The lowest BCUT2D eigenvalue weighted by atomic mass is 9.72. The molecule has 1 aliphatic rings. The SMILES string of the molecule is C=C(/C=C\C(OC)=C(/C)OCc1ccccc1)[C@@H]1CN(C)C[C@@]1(C)[C@@H](C)O. The van der Waals surface area contributed by atoms with Gasteiger partial charge in [-0.2, -0.15) is 0 Å². The maximum Gasteiger partial charge on any atom is 0.156 e. The van der Waals surface area contributed by atoms with Crippen molar-refractivity contribution in [2.75, 3.05) is 27.2 Å².